The zero-order valence-corrected chi connectivity index (χ0v) is 14.5. The number of amides is 1. The average molecular weight is 355 g/mol. The van der Waals surface area contributed by atoms with Gasteiger partial charge in [0.2, 0.25) is 10.0 Å². The molecule has 8 nitrogen and oxygen atoms in total. The molecule has 9 heteroatoms. The monoisotopic (exact) mass is 355 g/mol. The van der Waals surface area contributed by atoms with Gasteiger partial charge in [0.1, 0.15) is 0 Å². The van der Waals surface area contributed by atoms with Gasteiger partial charge in [-0.25, -0.2) is 8.42 Å². The molecule has 0 radical (unpaired) electrons. The van der Waals surface area contributed by atoms with Crippen LogP contribution in [0.4, 0.5) is 5.69 Å². The Hall–Kier alpha value is -2.00. The molecular formula is C15H21N3O5S. The van der Waals surface area contributed by atoms with Crippen LogP contribution in [0.2, 0.25) is 0 Å². The number of sulfonamides is 1. The van der Waals surface area contributed by atoms with E-state index in [1.54, 1.807) is 11.8 Å². The highest BCUT2D eigenvalue weighted by atomic mass is 32.2. The molecule has 0 atom stereocenters. The van der Waals surface area contributed by atoms with Crippen molar-refractivity contribution in [3.05, 3.63) is 39.9 Å². The van der Waals surface area contributed by atoms with Crippen molar-refractivity contribution in [1.29, 1.82) is 0 Å². The summed E-state index contributed by atoms with van der Waals surface area (Å²) in [6, 6.07) is 5.42. The van der Waals surface area contributed by atoms with E-state index in [-0.39, 0.29) is 17.6 Å². The largest absolute Gasteiger partial charge is 0.339 e. The highest BCUT2D eigenvalue weighted by molar-refractivity contribution is 7.88. The second-order valence-corrected chi connectivity index (χ2v) is 7.73. The van der Waals surface area contributed by atoms with Crippen LogP contribution >= 0.6 is 0 Å². The van der Waals surface area contributed by atoms with Crippen LogP contribution in [0.5, 0.6) is 0 Å². The quantitative estimate of drug-likeness (QED) is 0.588. The molecule has 0 aromatic heterocycles. The first-order valence-electron chi connectivity index (χ1n) is 7.74. The molecule has 0 N–H and O–H groups in total. The zero-order chi connectivity index (χ0) is 17.9. The molecule has 1 fully saturated rings. The molecule has 1 amide bonds. The van der Waals surface area contributed by atoms with Gasteiger partial charge in [0.15, 0.2) is 0 Å². The van der Waals surface area contributed by atoms with E-state index in [1.165, 1.54) is 34.8 Å². The van der Waals surface area contributed by atoms with Gasteiger partial charge in [-0.2, -0.15) is 4.31 Å². The van der Waals surface area contributed by atoms with Crippen LogP contribution in [0.1, 0.15) is 30.1 Å². The zero-order valence-electron chi connectivity index (χ0n) is 13.7. The van der Waals surface area contributed by atoms with E-state index >= 15 is 0 Å². The third-order valence-electron chi connectivity index (χ3n) is 4.22. The number of nitrogens with zero attached hydrogens (tertiary/aromatic N) is 3. The number of likely N-dealkylation sites (tertiary alicyclic amines) is 1. The average Bonchev–Trinajstić information content (AvgIpc) is 2.54. The van der Waals surface area contributed by atoms with Crippen molar-refractivity contribution in [2.75, 3.05) is 25.9 Å². The summed E-state index contributed by atoms with van der Waals surface area (Å²) in [6.07, 6.45) is 2.37. The molecule has 24 heavy (non-hydrogen) atoms. The van der Waals surface area contributed by atoms with Gasteiger partial charge in [-0.3, -0.25) is 14.9 Å². The Bertz CT molecular complexity index is 709. The minimum absolute atomic E-state index is 0.0583. The second-order valence-electron chi connectivity index (χ2n) is 5.79. The third kappa shape index (κ3) is 4.09. The van der Waals surface area contributed by atoms with E-state index in [9.17, 15) is 23.3 Å². The van der Waals surface area contributed by atoms with Crippen molar-refractivity contribution >= 4 is 21.6 Å². The van der Waals surface area contributed by atoms with Crippen molar-refractivity contribution in [3.63, 3.8) is 0 Å². The summed E-state index contributed by atoms with van der Waals surface area (Å²) in [4.78, 5) is 24.2. The number of benzene rings is 1. The predicted molar refractivity (Wildman–Crippen MR) is 89.2 cm³/mol. The number of hydrogen-bond donors (Lipinski definition) is 0. The first-order chi connectivity index (χ1) is 11.2. The molecule has 1 aliphatic heterocycles. The van der Waals surface area contributed by atoms with E-state index in [0.29, 0.717) is 38.0 Å². The summed E-state index contributed by atoms with van der Waals surface area (Å²) in [6.45, 7) is 3.15. The van der Waals surface area contributed by atoms with Crippen LogP contribution in [0.3, 0.4) is 0 Å². The van der Waals surface area contributed by atoms with Crippen LogP contribution < -0.4 is 0 Å². The van der Waals surface area contributed by atoms with Crippen LogP contribution in [-0.2, 0) is 10.0 Å². The molecule has 1 saturated heterocycles. The van der Waals surface area contributed by atoms with Crippen molar-refractivity contribution in [1.82, 2.24) is 9.21 Å². The normalized spacial score (nSPS) is 16.4. The lowest BCUT2D eigenvalue weighted by Gasteiger charge is -2.36. The molecule has 0 aliphatic carbocycles. The topological polar surface area (TPSA) is 101 Å². The number of nitro benzene ring substituents is 1. The maximum absolute atomic E-state index is 12.4. The number of carbonyl (C=O) groups is 1. The number of nitro groups is 1. The summed E-state index contributed by atoms with van der Waals surface area (Å²) in [5, 5.41) is 10.6. The second kappa shape index (κ2) is 7.27. The van der Waals surface area contributed by atoms with Gasteiger partial charge in [-0.1, -0.05) is 6.92 Å². The van der Waals surface area contributed by atoms with Gasteiger partial charge < -0.3 is 4.90 Å². The van der Waals surface area contributed by atoms with Crippen molar-refractivity contribution in [2.45, 2.75) is 25.8 Å². The smallest absolute Gasteiger partial charge is 0.269 e. The fourth-order valence-electron chi connectivity index (χ4n) is 3.03. The number of piperidine rings is 1. The van der Waals surface area contributed by atoms with Gasteiger partial charge in [0.25, 0.3) is 11.6 Å². The SMILES string of the molecule is CCN(C1CCN(C(=O)c2ccc([N+](=O)[O-])cc2)CC1)S(C)(=O)=O. The Labute approximate surface area is 141 Å². The van der Waals surface area contributed by atoms with E-state index in [1.807, 2.05) is 0 Å². The fraction of sp³-hybridized carbons (Fsp3) is 0.533. The number of non-ortho nitro benzene ring substituents is 1. The van der Waals surface area contributed by atoms with Gasteiger partial charge in [-0.15, -0.1) is 0 Å². The first-order valence-corrected chi connectivity index (χ1v) is 9.59. The number of hydrogen-bond acceptors (Lipinski definition) is 5. The first kappa shape index (κ1) is 18.3. The van der Waals surface area contributed by atoms with E-state index < -0.39 is 14.9 Å². The van der Waals surface area contributed by atoms with Gasteiger partial charge in [0.05, 0.1) is 11.2 Å². The maximum atomic E-state index is 12.4. The van der Waals surface area contributed by atoms with Gasteiger partial charge >= 0.3 is 0 Å². The Morgan fingerprint density at radius 3 is 2.25 bits per heavy atom. The Balaban J connectivity index is 2.01. The molecule has 0 saturated carbocycles. The van der Waals surface area contributed by atoms with Crippen LogP contribution in [-0.4, -0.2) is 60.4 Å². The van der Waals surface area contributed by atoms with Crippen LogP contribution in [0.15, 0.2) is 24.3 Å². The van der Waals surface area contributed by atoms with Crippen LogP contribution in [0, 0.1) is 10.1 Å². The molecule has 0 spiro atoms. The minimum Gasteiger partial charge on any atom is -0.339 e. The highest BCUT2D eigenvalue weighted by Gasteiger charge is 2.30. The van der Waals surface area contributed by atoms with Crippen LogP contribution in [0.25, 0.3) is 0 Å². The molecular weight excluding hydrogens is 334 g/mol. The minimum atomic E-state index is -3.25. The summed E-state index contributed by atoms with van der Waals surface area (Å²) in [5.41, 5.74) is 0.339. The Morgan fingerprint density at radius 2 is 1.83 bits per heavy atom. The van der Waals surface area contributed by atoms with E-state index in [0.717, 1.165) is 0 Å². The molecule has 1 aromatic rings. The van der Waals surface area contributed by atoms with Crippen molar-refractivity contribution in [3.8, 4) is 0 Å². The molecule has 1 aromatic carbocycles. The van der Waals surface area contributed by atoms with E-state index in [2.05, 4.69) is 0 Å². The molecule has 0 unspecified atom stereocenters. The predicted octanol–water partition coefficient (Wildman–Crippen LogP) is 1.48. The molecule has 1 heterocycles. The summed E-state index contributed by atoms with van der Waals surface area (Å²) >= 11 is 0. The standard InChI is InChI=1S/C15H21N3O5S/c1-3-17(24(2,22)23)13-8-10-16(11-9-13)15(19)12-4-6-14(7-5-12)18(20)21/h4-7,13H,3,8-11H2,1-2H3. The van der Waals surface area contributed by atoms with E-state index in [4.69, 9.17) is 0 Å². The summed E-state index contributed by atoms with van der Waals surface area (Å²) in [7, 11) is -3.25. The molecule has 0 bridgehead atoms. The van der Waals surface area contributed by atoms with Gasteiger partial charge in [-0.05, 0) is 25.0 Å². The fourth-order valence-corrected chi connectivity index (χ4v) is 4.25. The van der Waals surface area contributed by atoms with Crippen molar-refractivity contribution in [2.24, 2.45) is 0 Å². The highest BCUT2D eigenvalue weighted by Crippen LogP contribution is 2.21. The Kier molecular flexibility index (Phi) is 5.55. The molecule has 1 aliphatic rings. The summed E-state index contributed by atoms with van der Waals surface area (Å²) < 4.78 is 25.0. The molecule has 132 valence electrons. The number of rotatable bonds is 5. The maximum Gasteiger partial charge on any atom is 0.269 e. The third-order valence-corrected chi connectivity index (χ3v) is 5.63. The lowest BCUT2D eigenvalue weighted by Crippen LogP contribution is -2.48. The van der Waals surface area contributed by atoms with Gasteiger partial charge in [0, 0.05) is 43.4 Å². The Morgan fingerprint density at radius 1 is 1.29 bits per heavy atom. The number of carbonyl (C=O) groups excluding carboxylic acids is 1. The molecule has 2 rings (SSSR count). The lowest BCUT2D eigenvalue weighted by atomic mass is 10.0. The summed E-state index contributed by atoms with van der Waals surface area (Å²) in [5.74, 6) is -0.189. The van der Waals surface area contributed by atoms with Crippen molar-refractivity contribution < 1.29 is 18.1 Å². The lowest BCUT2D eigenvalue weighted by molar-refractivity contribution is -0.384.